The Bertz CT molecular complexity index is 1450. The number of pyridine rings is 2. The maximum absolute atomic E-state index is 13.2. The molecule has 0 bridgehead atoms. The molecule has 0 N–H and O–H groups in total. The lowest BCUT2D eigenvalue weighted by atomic mass is 9.89. The minimum Gasteiger partial charge on any atom is -0.381 e. The average Bonchev–Trinajstić information content (AvgIpc) is 3.43. The van der Waals surface area contributed by atoms with E-state index in [0.29, 0.717) is 6.04 Å². The van der Waals surface area contributed by atoms with Crippen molar-refractivity contribution < 1.29 is 4.74 Å². The molecule has 0 spiro atoms. The number of aromatic nitrogens is 4. The molecule has 0 radical (unpaired) electrons. The maximum atomic E-state index is 13.2. The van der Waals surface area contributed by atoms with Gasteiger partial charge in [0, 0.05) is 56.5 Å². The second-order valence-electron chi connectivity index (χ2n) is 10.2. The first-order valence-electron chi connectivity index (χ1n) is 12.3. The zero-order chi connectivity index (χ0) is 24.3. The van der Waals surface area contributed by atoms with Crippen LogP contribution < -0.4 is 10.6 Å². The SMILES string of the molecule is CO[C@H]1C[C@@H](n2c(=O)n(C)c3cnc4ccc(-c5ccc(N6CC[C@@H](N(C)C)C6)nc5)cc4c32)C1. The van der Waals surface area contributed by atoms with Gasteiger partial charge in [-0.1, -0.05) is 6.07 Å². The smallest absolute Gasteiger partial charge is 0.329 e. The highest BCUT2D eigenvalue weighted by molar-refractivity contribution is 6.04. The summed E-state index contributed by atoms with van der Waals surface area (Å²) >= 11 is 0. The monoisotopic (exact) mass is 472 g/mol. The van der Waals surface area contributed by atoms with Crippen molar-refractivity contribution in [3.8, 4) is 11.1 Å². The summed E-state index contributed by atoms with van der Waals surface area (Å²) in [6.07, 6.45) is 6.87. The summed E-state index contributed by atoms with van der Waals surface area (Å²) in [6, 6.07) is 11.3. The van der Waals surface area contributed by atoms with E-state index in [-0.39, 0.29) is 17.8 Å². The van der Waals surface area contributed by atoms with E-state index in [4.69, 9.17) is 9.72 Å². The third-order valence-corrected chi connectivity index (χ3v) is 7.98. The van der Waals surface area contributed by atoms with Crippen LogP contribution in [0.1, 0.15) is 25.3 Å². The molecule has 1 aliphatic carbocycles. The van der Waals surface area contributed by atoms with Gasteiger partial charge < -0.3 is 14.5 Å². The van der Waals surface area contributed by atoms with Crippen molar-refractivity contribution in [1.29, 1.82) is 0 Å². The van der Waals surface area contributed by atoms with Crippen LogP contribution in [0.4, 0.5) is 5.82 Å². The van der Waals surface area contributed by atoms with Crippen molar-refractivity contribution in [3.05, 3.63) is 53.2 Å². The van der Waals surface area contributed by atoms with Crippen LogP contribution in [0.3, 0.4) is 0 Å². The molecule has 4 heterocycles. The molecule has 3 aromatic heterocycles. The Morgan fingerprint density at radius 1 is 1.06 bits per heavy atom. The van der Waals surface area contributed by atoms with Crippen LogP contribution in [0.25, 0.3) is 33.1 Å². The largest absolute Gasteiger partial charge is 0.381 e. The molecule has 8 heteroatoms. The van der Waals surface area contributed by atoms with E-state index >= 15 is 0 Å². The van der Waals surface area contributed by atoms with Crippen LogP contribution in [0, 0.1) is 0 Å². The minimum absolute atomic E-state index is 0.00640. The van der Waals surface area contributed by atoms with Gasteiger partial charge in [-0.2, -0.15) is 0 Å². The van der Waals surface area contributed by atoms with E-state index in [0.717, 1.165) is 71.2 Å². The number of nitrogens with zero attached hydrogens (tertiary/aromatic N) is 6. The van der Waals surface area contributed by atoms with Gasteiger partial charge in [-0.15, -0.1) is 0 Å². The zero-order valence-corrected chi connectivity index (χ0v) is 20.8. The lowest BCUT2D eigenvalue weighted by Crippen LogP contribution is -2.37. The summed E-state index contributed by atoms with van der Waals surface area (Å²) in [4.78, 5) is 27.3. The van der Waals surface area contributed by atoms with Crippen molar-refractivity contribution in [1.82, 2.24) is 24.0 Å². The molecule has 1 aromatic carbocycles. The van der Waals surface area contributed by atoms with E-state index in [9.17, 15) is 4.79 Å². The van der Waals surface area contributed by atoms with Crippen LogP contribution in [0.2, 0.25) is 0 Å². The van der Waals surface area contributed by atoms with Gasteiger partial charge in [-0.25, -0.2) is 9.78 Å². The van der Waals surface area contributed by atoms with Crippen LogP contribution in [0.5, 0.6) is 0 Å². The summed E-state index contributed by atoms with van der Waals surface area (Å²) < 4.78 is 9.14. The maximum Gasteiger partial charge on any atom is 0.329 e. The molecule has 1 atom stereocenters. The highest BCUT2D eigenvalue weighted by Crippen LogP contribution is 2.37. The third kappa shape index (κ3) is 3.63. The number of ether oxygens (including phenoxy) is 1. The van der Waals surface area contributed by atoms with Gasteiger partial charge in [-0.05, 0) is 63.2 Å². The molecule has 2 aliphatic rings. The number of benzene rings is 1. The van der Waals surface area contributed by atoms with E-state index in [2.05, 4.69) is 53.1 Å². The van der Waals surface area contributed by atoms with Crippen molar-refractivity contribution in [2.24, 2.45) is 7.05 Å². The van der Waals surface area contributed by atoms with Crippen LogP contribution >= 0.6 is 0 Å². The molecule has 2 fully saturated rings. The topological polar surface area (TPSA) is 68.4 Å². The fourth-order valence-corrected chi connectivity index (χ4v) is 5.60. The summed E-state index contributed by atoms with van der Waals surface area (Å²) in [5.74, 6) is 1.03. The minimum atomic E-state index is 0.00640. The van der Waals surface area contributed by atoms with Crippen LogP contribution in [-0.2, 0) is 11.8 Å². The number of imidazole rings is 1. The van der Waals surface area contributed by atoms with Crippen molar-refractivity contribution in [2.45, 2.75) is 37.5 Å². The number of fused-ring (bicyclic) bond motifs is 3. The molecule has 6 rings (SSSR count). The van der Waals surface area contributed by atoms with Crippen molar-refractivity contribution in [3.63, 3.8) is 0 Å². The summed E-state index contributed by atoms with van der Waals surface area (Å²) in [5, 5.41) is 0.996. The standard InChI is InChI=1S/C27H32N6O2/c1-30(2)19-9-10-32(16-19)25-8-6-18(14-29-25)17-5-7-23-22(11-17)26-24(15-28-23)31(3)27(34)33(26)20-12-21(13-20)35-4/h5-8,11,14-15,19-21H,9-10,12-13,16H2,1-4H3/t19-,20-,21+/m1/s1. The summed E-state index contributed by atoms with van der Waals surface area (Å²) in [5.41, 5.74) is 4.85. The third-order valence-electron chi connectivity index (χ3n) is 7.98. The second kappa shape index (κ2) is 8.46. The molecule has 1 aliphatic heterocycles. The van der Waals surface area contributed by atoms with Crippen LogP contribution in [-0.4, -0.2) is 70.4 Å². The fraction of sp³-hybridized carbons (Fsp3) is 0.444. The fourth-order valence-electron chi connectivity index (χ4n) is 5.60. The van der Waals surface area contributed by atoms with Crippen molar-refractivity contribution in [2.75, 3.05) is 39.2 Å². The summed E-state index contributed by atoms with van der Waals surface area (Å²) in [7, 11) is 7.85. The van der Waals surface area contributed by atoms with Gasteiger partial charge in [0.05, 0.1) is 28.9 Å². The molecule has 0 amide bonds. The number of aryl methyl sites for hydroxylation is 1. The number of hydrogen-bond acceptors (Lipinski definition) is 6. The first-order valence-corrected chi connectivity index (χ1v) is 12.3. The normalized spacial score (nSPS) is 22.4. The molecular weight excluding hydrogens is 440 g/mol. The molecule has 35 heavy (non-hydrogen) atoms. The Labute approximate surface area is 204 Å². The number of anilines is 1. The Hall–Kier alpha value is -3.23. The van der Waals surface area contributed by atoms with E-state index in [1.807, 2.05) is 30.1 Å². The lowest BCUT2D eigenvalue weighted by molar-refractivity contribution is 0.00635. The lowest BCUT2D eigenvalue weighted by Gasteiger charge is -2.34. The molecule has 1 saturated carbocycles. The Kier molecular flexibility index (Phi) is 5.38. The quantitative estimate of drug-likeness (QED) is 0.443. The number of methoxy groups -OCH3 is 1. The first kappa shape index (κ1) is 22.2. The van der Waals surface area contributed by atoms with Gasteiger partial charge in [0.25, 0.3) is 0 Å². The number of likely N-dealkylation sites (N-methyl/N-ethyl adjacent to an activating group) is 1. The highest BCUT2D eigenvalue weighted by Gasteiger charge is 2.33. The van der Waals surface area contributed by atoms with Gasteiger partial charge in [0.15, 0.2) is 0 Å². The molecule has 4 aromatic rings. The zero-order valence-electron chi connectivity index (χ0n) is 20.8. The Balaban J connectivity index is 1.38. The van der Waals surface area contributed by atoms with Gasteiger partial charge in [-0.3, -0.25) is 14.1 Å². The van der Waals surface area contributed by atoms with Crippen LogP contribution in [0.15, 0.2) is 47.5 Å². The van der Waals surface area contributed by atoms with Crippen molar-refractivity contribution >= 4 is 27.8 Å². The molecule has 182 valence electrons. The first-order chi connectivity index (χ1) is 16.9. The highest BCUT2D eigenvalue weighted by atomic mass is 16.5. The summed E-state index contributed by atoms with van der Waals surface area (Å²) in [6.45, 7) is 2.04. The molecule has 8 nitrogen and oxygen atoms in total. The Morgan fingerprint density at radius 2 is 1.86 bits per heavy atom. The predicted octanol–water partition coefficient (Wildman–Crippen LogP) is 3.44. The predicted molar refractivity (Wildman–Crippen MR) is 139 cm³/mol. The van der Waals surface area contributed by atoms with Gasteiger partial charge in [0.2, 0.25) is 0 Å². The molecule has 1 saturated heterocycles. The van der Waals surface area contributed by atoms with E-state index in [1.165, 1.54) is 0 Å². The van der Waals surface area contributed by atoms with Gasteiger partial charge >= 0.3 is 5.69 Å². The molecule has 0 unspecified atom stereocenters. The second-order valence-corrected chi connectivity index (χ2v) is 10.2. The van der Waals surface area contributed by atoms with Gasteiger partial charge in [0.1, 0.15) is 5.82 Å². The number of hydrogen-bond donors (Lipinski definition) is 0. The average molecular weight is 473 g/mol. The molecular formula is C27H32N6O2. The van der Waals surface area contributed by atoms with E-state index < -0.39 is 0 Å². The van der Waals surface area contributed by atoms with E-state index in [1.54, 1.807) is 11.7 Å². The number of rotatable bonds is 5. The Morgan fingerprint density at radius 3 is 2.54 bits per heavy atom.